The second-order valence-electron chi connectivity index (χ2n) is 7.59. The van der Waals surface area contributed by atoms with Gasteiger partial charge in [0.2, 0.25) is 0 Å². The predicted molar refractivity (Wildman–Crippen MR) is 90.4 cm³/mol. The fourth-order valence-electron chi connectivity index (χ4n) is 5.75. The quantitative estimate of drug-likeness (QED) is 0.750. The van der Waals surface area contributed by atoms with Gasteiger partial charge in [-0.1, -0.05) is 25.0 Å². The number of aliphatic hydroxyl groups is 1. The molecule has 0 aliphatic heterocycles. The van der Waals surface area contributed by atoms with Gasteiger partial charge in [0.1, 0.15) is 5.60 Å². The van der Waals surface area contributed by atoms with Crippen LogP contribution in [0.25, 0.3) is 0 Å². The number of ketones is 1. The number of terminal acetylenes is 1. The fraction of sp³-hybridized carbons (Fsp3) is 0.571. The van der Waals surface area contributed by atoms with Crippen LogP contribution in [0, 0.1) is 29.6 Å². The van der Waals surface area contributed by atoms with Gasteiger partial charge in [0.25, 0.3) is 0 Å². The second-order valence-corrected chi connectivity index (χ2v) is 7.59. The van der Waals surface area contributed by atoms with E-state index in [0.29, 0.717) is 24.7 Å². The van der Waals surface area contributed by atoms with Crippen LogP contribution < -0.4 is 0 Å². The Morgan fingerprint density at radius 1 is 1.35 bits per heavy atom. The van der Waals surface area contributed by atoms with Gasteiger partial charge in [-0.3, -0.25) is 4.79 Å². The van der Waals surface area contributed by atoms with Crippen LogP contribution in [-0.2, 0) is 4.79 Å². The van der Waals surface area contributed by atoms with Crippen LogP contribution >= 0.6 is 0 Å². The summed E-state index contributed by atoms with van der Waals surface area (Å²) < 4.78 is 0. The van der Waals surface area contributed by atoms with Gasteiger partial charge in [0.15, 0.2) is 5.78 Å². The molecule has 0 spiro atoms. The van der Waals surface area contributed by atoms with Crippen molar-refractivity contribution in [2.45, 2.75) is 57.5 Å². The fourth-order valence-corrected chi connectivity index (χ4v) is 5.75. The lowest BCUT2D eigenvalue weighted by molar-refractivity contribution is -0.114. The van der Waals surface area contributed by atoms with Gasteiger partial charge in [-0.25, -0.2) is 0 Å². The average Bonchev–Trinajstić information content (AvgIpc) is 2.88. The minimum Gasteiger partial charge on any atom is -0.377 e. The topological polar surface area (TPSA) is 37.3 Å². The number of carbonyl (C=O) groups is 1. The van der Waals surface area contributed by atoms with Crippen molar-refractivity contribution >= 4 is 5.78 Å². The molecule has 0 radical (unpaired) electrons. The van der Waals surface area contributed by atoms with E-state index in [4.69, 9.17) is 6.42 Å². The second kappa shape index (κ2) is 4.95. The Kier molecular flexibility index (Phi) is 3.22. The molecule has 1 N–H and O–H groups in total. The van der Waals surface area contributed by atoms with Crippen LogP contribution in [0.2, 0.25) is 0 Å². The summed E-state index contributed by atoms with van der Waals surface area (Å²) >= 11 is 0. The Balaban J connectivity index is 1.85. The third-order valence-corrected chi connectivity index (χ3v) is 6.94. The predicted octanol–water partition coefficient (Wildman–Crippen LogP) is 3.72. The summed E-state index contributed by atoms with van der Waals surface area (Å²) in [6.07, 6.45) is 18.2. The maximum atomic E-state index is 11.7. The molecule has 0 aromatic heterocycles. The maximum Gasteiger partial charge on any atom is 0.156 e. The maximum absolute atomic E-state index is 11.7. The van der Waals surface area contributed by atoms with Crippen molar-refractivity contribution in [1.82, 2.24) is 0 Å². The molecule has 2 nitrogen and oxygen atoms in total. The molecule has 0 bridgehead atoms. The van der Waals surface area contributed by atoms with Crippen molar-refractivity contribution in [3.63, 3.8) is 0 Å². The van der Waals surface area contributed by atoms with Crippen LogP contribution in [0.15, 0.2) is 34.9 Å². The Morgan fingerprint density at radius 3 is 2.91 bits per heavy atom. The Morgan fingerprint density at radius 2 is 2.17 bits per heavy atom. The highest BCUT2D eigenvalue weighted by Gasteiger charge is 2.60. The Bertz CT molecular complexity index is 702. The number of rotatable bonds is 1. The monoisotopic (exact) mass is 308 g/mol. The molecule has 23 heavy (non-hydrogen) atoms. The van der Waals surface area contributed by atoms with E-state index < -0.39 is 5.60 Å². The molecular weight excluding hydrogens is 284 g/mol. The number of allylic oxidation sites excluding steroid dienone is 5. The summed E-state index contributed by atoms with van der Waals surface area (Å²) in [5, 5.41) is 11.0. The van der Waals surface area contributed by atoms with Crippen LogP contribution in [0.5, 0.6) is 0 Å². The van der Waals surface area contributed by atoms with Crippen LogP contribution in [0.1, 0.15) is 51.9 Å². The van der Waals surface area contributed by atoms with Gasteiger partial charge in [-0.2, -0.15) is 0 Å². The molecule has 4 rings (SSSR count). The Labute approximate surface area is 138 Å². The minimum absolute atomic E-state index is 0.271. The zero-order valence-electron chi connectivity index (χ0n) is 13.8. The molecule has 4 aliphatic carbocycles. The highest BCUT2D eigenvalue weighted by Crippen LogP contribution is 2.62. The third kappa shape index (κ3) is 1.83. The first-order valence-electron chi connectivity index (χ1n) is 8.91. The van der Waals surface area contributed by atoms with E-state index in [0.717, 1.165) is 32.1 Å². The number of carbonyl (C=O) groups excluding carboxylic acids is 1. The average molecular weight is 308 g/mol. The number of hydrogen-bond donors (Lipinski definition) is 1. The van der Waals surface area contributed by atoms with Crippen molar-refractivity contribution in [3.8, 4) is 12.3 Å². The zero-order chi connectivity index (χ0) is 16.2. The van der Waals surface area contributed by atoms with Crippen molar-refractivity contribution in [2.75, 3.05) is 0 Å². The molecule has 1 saturated carbocycles. The van der Waals surface area contributed by atoms with Crippen molar-refractivity contribution in [1.29, 1.82) is 0 Å². The molecule has 2 heteroatoms. The van der Waals surface area contributed by atoms with Gasteiger partial charge in [-0.05, 0) is 73.2 Å². The smallest absolute Gasteiger partial charge is 0.156 e. The minimum atomic E-state index is -1.00. The highest BCUT2D eigenvalue weighted by atomic mass is 16.3. The van der Waals surface area contributed by atoms with E-state index in [1.54, 1.807) is 0 Å². The first kappa shape index (κ1) is 15.0. The molecule has 120 valence electrons. The Hall–Kier alpha value is -1.59. The molecule has 0 saturated heterocycles. The van der Waals surface area contributed by atoms with Gasteiger partial charge < -0.3 is 5.11 Å². The van der Waals surface area contributed by atoms with Gasteiger partial charge in [0.05, 0.1) is 0 Å². The number of fused-ring (bicyclic) bond motifs is 4. The SMILES string of the molecule is C#C[C@]1(O)CC[C@@H]2[C@H]3CCC4=CC(=O)CCC4=C3C=C[C@]21CC. The van der Waals surface area contributed by atoms with E-state index in [1.807, 2.05) is 6.08 Å². The summed E-state index contributed by atoms with van der Waals surface area (Å²) in [7, 11) is 0. The molecule has 0 aromatic rings. The van der Waals surface area contributed by atoms with Crippen LogP contribution in [0.4, 0.5) is 0 Å². The van der Waals surface area contributed by atoms with Crippen molar-refractivity contribution in [3.05, 3.63) is 34.9 Å². The molecule has 0 heterocycles. The normalized spacial score (nSPS) is 41.8. The standard InChI is InChI=1S/C21H24O2/c1-3-20-11-9-17-16-8-6-15(22)13-14(16)5-7-18(17)19(20)10-12-21(20,23)4-2/h2,9,11,13,18-19,23H,3,5-8,10,12H2,1H3/t18-,19+,20+,21-/m0/s1. The van der Waals surface area contributed by atoms with Gasteiger partial charge in [-0.15, -0.1) is 6.42 Å². The molecule has 4 aliphatic rings. The highest BCUT2D eigenvalue weighted by molar-refractivity contribution is 5.93. The summed E-state index contributed by atoms with van der Waals surface area (Å²) in [4.78, 5) is 11.7. The van der Waals surface area contributed by atoms with Crippen molar-refractivity contribution < 1.29 is 9.90 Å². The lowest BCUT2D eigenvalue weighted by Crippen LogP contribution is -2.48. The largest absolute Gasteiger partial charge is 0.377 e. The zero-order valence-corrected chi connectivity index (χ0v) is 13.8. The van der Waals surface area contributed by atoms with E-state index in [2.05, 4.69) is 25.0 Å². The number of hydrogen-bond acceptors (Lipinski definition) is 2. The molecule has 4 atom stereocenters. The molecule has 1 fully saturated rings. The van der Waals surface area contributed by atoms with Gasteiger partial charge >= 0.3 is 0 Å². The summed E-state index contributed by atoms with van der Waals surface area (Å²) in [5.74, 6) is 3.91. The summed E-state index contributed by atoms with van der Waals surface area (Å²) in [6, 6.07) is 0. The van der Waals surface area contributed by atoms with E-state index >= 15 is 0 Å². The first-order valence-corrected chi connectivity index (χ1v) is 8.91. The van der Waals surface area contributed by atoms with E-state index in [-0.39, 0.29) is 11.2 Å². The first-order chi connectivity index (χ1) is 11.0. The lowest BCUT2D eigenvalue weighted by atomic mass is 9.56. The third-order valence-electron chi connectivity index (χ3n) is 6.94. The molecular formula is C21H24O2. The van der Waals surface area contributed by atoms with Gasteiger partial charge in [0, 0.05) is 11.8 Å². The summed E-state index contributed by atoms with van der Waals surface area (Å²) in [6.45, 7) is 2.15. The van der Waals surface area contributed by atoms with E-state index in [9.17, 15) is 9.90 Å². The van der Waals surface area contributed by atoms with Crippen LogP contribution in [-0.4, -0.2) is 16.5 Å². The molecule has 0 aromatic carbocycles. The molecule has 0 unspecified atom stereocenters. The lowest BCUT2D eigenvalue weighted by Gasteiger charge is -2.48. The van der Waals surface area contributed by atoms with Crippen molar-refractivity contribution in [2.24, 2.45) is 17.3 Å². The van der Waals surface area contributed by atoms with E-state index in [1.165, 1.54) is 16.7 Å². The molecule has 0 amide bonds. The van der Waals surface area contributed by atoms with Crippen LogP contribution in [0.3, 0.4) is 0 Å². The summed E-state index contributed by atoms with van der Waals surface area (Å²) in [5.41, 5.74) is 2.80.